The van der Waals surface area contributed by atoms with Gasteiger partial charge in [0.15, 0.2) is 0 Å². The first-order valence-corrected chi connectivity index (χ1v) is 6.39. The summed E-state index contributed by atoms with van der Waals surface area (Å²) in [5, 5.41) is 3.31. The second-order valence-corrected chi connectivity index (χ2v) is 4.33. The van der Waals surface area contributed by atoms with E-state index in [2.05, 4.69) is 15.3 Å². The maximum atomic E-state index is 11.4. The Morgan fingerprint density at radius 2 is 2.00 bits per heavy atom. The summed E-state index contributed by atoms with van der Waals surface area (Å²) in [4.78, 5) is 19.4. The molecule has 0 fully saturated rings. The monoisotopic (exact) mass is 271 g/mol. The number of esters is 1. The summed E-state index contributed by atoms with van der Waals surface area (Å²) in [6.45, 7) is 1.34. The molecular formula is C15H17N3O2. The number of methoxy groups -OCH3 is 1. The smallest absolute Gasteiger partial charge is 0.309 e. The molecule has 104 valence electrons. The molecule has 0 radical (unpaired) electrons. The summed E-state index contributed by atoms with van der Waals surface area (Å²) in [5.41, 5.74) is 3.01. The fourth-order valence-corrected chi connectivity index (χ4v) is 1.88. The van der Waals surface area contributed by atoms with Crippen molar-refractivity contribution in [3.63, 3.8) is 0 Å². The van der Waals surface area contributed by atoms with E-state index in [0.717, 1.165) is 16.8 Å². The molecule has 1 aromatic carbocycles. The van der Waals surface area contributed by atoms with Crippen molar-refractivity contribution in [1.29, 1.82) is 0 Å². The van der Waals surface area contributed by atoms with E-state index in [-0.39, 0.29) is 5.97 Å². The molecule has 1 N–H and O–H groups in total. The molecule has 2 rings (SSSR count). The molecule has 0 unspecified atom stereocenters. The van der Waals surface area contributed by atoms with Crippen LogP contribution < -0.4 is 5.32 Å². The molecule has 0 aliphatic carbocycles. The Bertz CT molecular complexity index is 558. The molecule has 0 amide bonds. The van der Waals surface area contributed by atoms with Gasteiger partial charge in [0.2, 0.25) is 0 Å². The average Bonchev–Trinajstić information content (AvgIpc) is 2.50. The number of hydrogen-bond donors (Lipinski definition) is 1. The summed E-state index contributed by atoms with van der Waals surface area (Å²) < 4.78 is 4.71. The van der Waals surface area contributed by atoms with Crippen LogP contribution in [0.3, 0.4) is 0 Å². The van der Waals surface area contributed by atoms with Gasteiger partial charge in [0, 0.05) is 19.3 Å². The molecule has 1 heterocycles. The Hall–Kier alpha value is -2.27. The van der Waals surface area contributed by atoms with Crippen molar-refractivity contribution in [2.24, 2.45) is 0 Å². The van der Waals surface area contributed by atoms with Crippen LogP contribution in [0.1, 0.15) is 16.8 Å². The van der Waals surface area contributed by atoms with Crippen LogP contribution in [0.15, 0.2) is 42.9 Å². The van der Waals surface area contributed by atoms with Crippen molar-refractivity contribution in [3.05, 3.63) is 59.7 Å². The SMILES string of the molecule is COC(=O)Cc1ccccc1CNCc1ccncn1. The van der Waals surface area contributed by atoms with E-state index in [1.807, 2.05) is 30.3 Å². The van der Waals surface area contributed by atoms with Crippen LogP contribution in [0.5, 0.6) is 0 Å². The molecule has 0 saturated heterocycles. The summed E-state index contributed by atoms with van der Waals surface area (Å²) >= 11 is 0. The Kier molecular flexibility index (Phi) is 5.20. The fraction of sp³-hybridized carbons (Fsp3) is 0.267. The van der Waals surface area contributed by atoms with E-state index in [4.69, 9.17) is 4.74 Å². The molecule has 1 aromatic heterocycles. The van der Waals surface area contributed by atoms with Crippen LogP contribution in [0.25, 0.3) is 0 Å². The predicted molar refractivity (Wildman–Crippen MR) is 74.7 cm³/mol. The lowest BCUT2D eigenvalue weighted by atomic mass is 10.0. The highest BCUT2D eigenvalue weighted by Crippen LogP contribution is 2.10. The molecule has 0 atom stereocenters. The van der Waals surface area contributed by atoms with Crippen molar-refractivity contribution in [2.75, 3.05) is 7.11 Å². The van der Waals surface area contributed by atoms with Crippen molar-refractivity contribution >= 4 is 5.97 Å². The first-order valence-electron chi connectivity index (χ1n) is 6.39. The van der Waals surface area contributed by atoms with Gasteiger partial charge < -0.3 is 10.1 Å². The largest absolute Gasteiger partial charge is 0.469 e. The molecule has 5 nitrogen and oxygen atoms in total. The highest BCUT2D eigenvalue weighted by Gasteiger charge is 2.07. The van der Waals surface area contributed by atoms with Crippen LogP contribution in [-0.4, -0.2) is 23.0 Å². The van der Waals surface area contributed by atoms with Gasteiger partial charge in [0.05, 0.1) is 19.2 Å². The zero-order valence-corrected chi connectivity index (χ0v) is 11.4. The number of ether oxygens (including phenoxy) is 1. The molecule has 0 aliphatic rings. The second kappa shape index (κ2) is 7.35. The summed E-state index contributed by atoms with van der Waals surface area (Å²) in [7, 11) is 1.40. The number of nitrogens with one attached hydrogen (secondary N) is 1. The van der Waals surface area contributed by atoms with Gasteiger partial charge in [-0.05, 0) is 17.2 Å². The van der Waals surface area contributed by atoms with E-state index < -0.39 is 0 Å². The number of benzene rings is 1. The zero-order chi connectivity index (χ0) is 14.2. The van der Waals surface area contributed by atoms with Gasteiger partial charge in [-0.2, -0.15) is 0 Å². The molecule has 0 spiro atoms. The normalized spacial score (nSPS) is 10.2. The Morgan fingerprint density at radius 3 is 2.70 bits per heavy atom. The number of hydrogen-bond acceptors (Lipinski definition) is 5. The van der Waals surface area contributed by atoms with Crippen LogP contribution in [0.4, 0.5) is 0 Å². The van der Waals surface area contributed by atoms with Crippen LogP contribution in [0, 0.1) is 0 Å². The van der Waals surface area contributed by atoms with Gasteiger partial charge >= 0.3 is 5.97 Å². The number of nitrogens with zero attached hydrogens (tertiary/aromatic N) is 2. The van der Waals surface area contributed by atoms with E-state index in [1.54, 1.807) is 6.20 Å². The highest BCUT2D eigenvalue weighted by atomic mass is 16.5. The molecular weight excluding hydrogens is 254 g/mol. The first kappa shape index (κ1) is 14.1. The number of aromatic nitrogens is 2. The number of rotatable bonds is 6. The van der Waals surface area contributed by atoms with Gasteiger partial charge in [-0.3, -0.25) is 4.79 Å². The number of carbonyl (C=O) groups excluding carboxylic acids is 1. The molecule has 5 heteroatoms. The summed E-state index contributed by atoms with van der Waals surface area (Å²) in [5.74, 6) is -0.228. The Morgan fingerprint density at radius 1 is 1.20 bits per heavy atom. The van der Waals surface area contributed by atoms with Crippen LogP contribution >= 0.6 is 0 Å². The van der Waals surface area contributed by atoms with Gasteiger partial charge in [-0.25, -0.2) is 9.97 Å². The van der Waals surface area contributed by atoms with Gasteiger partial charge in [0.25, 0.3) is 0 Å². The maximum absolute atomic E-state index is 11.4. The van der Waals surface area contributed by atoms with E-state index in [1.165, 1.54) is 13.4 Å². The summed E-state index contributed by atoms with van der Waals surface area (Å²) in [6, 6.07) is 9.70. The summed E-state index contributed by atoms with van der Waals surface area (Å²) in [6.07, 6.45) is 3.54. The standard InChI is InChI=1S/C15H17N3O2/c1-20-15(19)8-12-4-2-3-5-13(12)9-17-10-14-6-7-16-11-18-14/h2-7,11,17H,8-10H2,1H3. The van der Waals surface area contributed by atoms with E-state index >= 15 is 0 Å². The average molecular weight is 271 g/mol. The van der Waals surface area contributed by atoms with Crippen LogP contribution in [0.2, 0.25) is 0 Å². The third kappa shape index (κ3) is 4.13. The predicted octanol–water partition coefficient (Wildman–Crippen LogP) is 1.48. The lowest BCUT2D eigenvalue weighted by Gasteiger charge is -2.09. The highest BCUT2D eigenvalue weighted by molar-refractivity contribution is 5.72. The molecule has 0 aliphatic heterocycles. The van der Waals surface area contributed by atoms with Crippen molar-refractivity contribution in [1.82, 2.24) is 15.3 Å². The van der Waals surface area contributed by atoms with Gasteiger partial charge in [0.1, 0.15) is 6.33 Å². The Labute approximate surface area is 118 Å². The third-order valence-corrected chi connectivity index (χ3v) is 2.95. The van der Waals surface area contributed by atoms with Crippen molar-refractivity contribution in [3.8, 4) is 0 Å². The second-order valence-electron chi connectivity index (χ2n) is 4.33. The lowest BCUT2D eigenvalue weighted by molar-refractivity contribution is -0.139. The minimum Gasteiger partial charge on any atom is -0.469 e. The van der Waals surface area contributed by atoms with Gasteiger partial charge in [-0.15, -0.1) is 0 Å². The quantitative estimate of drug-likeness (QED) is 0.806. The van der Waals surface area contributed by atoms with Crippen molar-refractivity contribution in [2.45, 2.75) is 19.5 Å². The Balaban J connectivity index is 1.94. The van der Waals surface area contributed by atoms with E-state index in [9.17, 15) is 4.79 Å². The van der Waals surface area contributed by atoms with Crippen LogP contribution in [-0.2, 0) is 29.0 Å². The number of carbonyl (C=O) groups is 1. The molecule has 20 heavy (non-hydrogen) atoms. The minimum atomic E-state index is -0.228. The fourth-order valence-electron chi connectivity index (χ4n) is 1.88. The van der Waals surface area contributed by atoms with E-state index in [0.29, 0.717) is 19.5 Å². The molecule has 2 aromatic rings. The zero-order valence-electron chi connectivity index (χ0n) is 11.4. The first-order chi connectivity index (χ1) is 9.79. The third-order valence-electron chi connectivity index (χ3n) is 2.95. The minimum absolute atomic E-state index is 0.228. The van der Waals surface area contributed by atoms with Gasteiger partial charge in [-0.1, -0.05) is 24.3 Å². The van der Waals surface area contributed by atoms with Crippen molar-refractivity contribution < 1.29 is 9.53 Å². The molecule has 0 bridgehead atoms. The lowest BCUT2D eigenvalue weighted by Crippen LogP contribution is -2.16. The topological polar surface area (TPSA) is 64.1 Å². The maximum Gasteiger partial charge on any atom is 0.309 e. The molecule has 0 saturated carbocycles.